The van der Waals surface area contributed by atoms with Gasteiger partial charge in [-0.05, 0) is 18.6 Å². The number of ether oxygens (including phenoxy) is 2. The molecule has 0 aliphatic carbocycles. The standard InChI is InChI=1S/C12H24O5S/c1-8-10(14)11(15)9(7-13)17-12(8)16-5-3-2-4-6-18/h8-15,18H,2-7H2,1H3/t8?,9?,10?,11-,12+/m0/s1. The molecule has 108 valence electrons. The molecule has 0 radical (unpaired) electrons. The van der Waals surface area contributed by atoms with Crippen molar-refractivity contribution in [1.82, 2.24) is 0 Å². The predicted molar refractivity (Wildman–Crippen MR) is 70.6 cm³/mol. The Morgan fingerprint density at radius 2 is 1.89 bits per heavy atom. The maximum atomic E-state index is 9.83. The van der Waals surface area contributed by atoms with Crippen LogP contribution in [0.25, 0.3) is 0 Å². The van der Waals surface area contributed by atoms with E-state index in [4.69, 9.17) is 14.6 Å². The molecule has 0 aromatic rings. The number of hydrogen-bond donors (Lipinski definition) is 4. The van der Waals surface area contributed by atoms with E-state index >= 15 is 0 Å². The Bertz CT molecular complexity index is 227. The third kappa shape index (κ3) is 4.36. The molecule has 3 N–H and O–H groups in total. The molecule has 6 heteroatoms. The Kier molecular flexibility index (Phi) is 7.51. The molecule has 5 atom stereocenters. The summed E-state index contributed by atoms with van der Waals surface area (Å²) in [6.45, 7) is 1.98. The van der Waals surface area contributed by atoms with Crippen molar-refractivity contribution in [1.29, 1.82) is 0 Å². The normalized spacial score (nSPS) is 36.8. The van der Waals surface area contributed by atoms with Gasteiger partial charge in [-0.2, -0.15) is 12.6 Å². The van der Waals surface area contributed by atoms with Crippen molar-refractivity contribution in [2.24, 2.45) is 5.92 Å². The number of aliphatic hydroxyl groups is 3. The fourth-order valence-corrected chi connectivity index (χ4v) is 2.22. The topological polar surface area (TPSA) is 79.2 Å². The van der Waals surface area contributed by atoms with Crippen LogP contribution in [-0.2, 0) is 9.47 Å². The monoisotopic (exact) mass is 280 g/mol. The fourth-order valence-electron chi connectivity index (χ4n) is 2.00. The second kappa shape index (κ2) is 8.35. The van der Waals surface area contributed by atoms with E-state index in [1.54, 1.807) is 6.92 Å². The first-order valence-electron chi connectivity index (χ1n) is 6.46. The molecule has 1 heterocycles. The molecule has 1 rings (SSSR count). The summed E-state index contributed by atoms with van der Waals surface area (Å²) in [5, 5.41) is 28.6. The molecular weight excluding hydrogens is 256 g/mol. The van der Waals surface area contributed by atoms with Crippen molar-refractivity contribution >= 4 is 12.6 Å². The van der Waals surface area contributed by atoms with Crippen molar-refractivity contribution in [3.05, 3.63) is 0 Å². The van der Waals surface area contributed by atoms with Gasteiger partial charge in [0.25, 0.3) is 0 Å². The van der Waals surface area contributed by atoms with Crippen LogP contribution in [0.5, 0.6) is 0 Å². The Balaban J connectivity index is 2.35. The van der Waals surface area contributed by atoms with E-state index in [0.29, 0.717) is 6.61 Å². The minimum Gasteiger partial charge on any atom is -0.394 e. The highest BCUT2D eigenvalue weighted by Crippen LogP contribution is 2.26. The van der Waals surface area contributed by atoms with Gasteiger partial charge in [0.2, 0.25) is 0 Å². The van der Waals surface area contributed by atoms with Crippen molar-refractivity contribution in [2.45, 2.75) is 50.8 Å². The fraction of sp³-hybridized carbons (Fsp3) is 1.00. The average molecular weight is 280 g/mol. The van der Waals surface area contributed by atoms with Crippen molar-refractivity contribution in [3.63, 3.8) is 0 Å². The van der Waals surface area contributed by atoms with Gasteiger partial charge in [-0.1, -0.05) is 13.3 Å². The van der Waals surface area contributed by atoms with E-state index in [2.05, 4.69) is 12.6 Å². The minimum atomic E-state index is -1.06. The zero-order chi connectivity index (χ0) is 13.5. The molecule has 5 nitrogen and oxygen atoms in total. The average Bonchev–Trinajstić information content (AvgIpc) is 2.38. The van der Waals surface area contributed by atoms with Crippen molar-refractivity contribution < 1.29 is 24.8 Å². The summed E-state index contributed by atoms with van der Waals surface area (Å²) in [6, 6.07) is 0. The Hall–Kier alpha value is 0.150. The van der Waals surface area contributed by atoms with Gasteiger partial charge in [-0.25, -0.2) is 0 Å². The summed E-state index contributed by atoms with van der Waals surface area (Å²) in [7, 11) is 0. The van der Waals surface area contributed by atoms with Gasteiger partial charge >= 0.3 is 0 Å². The molecule has 0 aromatic carbocycles. The van der Waals surface area contributed by atoms with Crippen molar-refractivity contribution in [3.8, 4) is 0 Å². The molecule has 18 heavy (non-hydrogen) atoms. The predicted octanol–water partition coefficient (Wildman–Crippen LogP) is 0.178. The maximum absolute atomic E-state index is 9.83. The third-order valence-corrected chi connectivity index (χ3v) is 3.59. The van der Waals surface area contributed by atoms with E-state index in [1.165, 1.54) is 0 Å². The summed E-state index contributed by atoms with van der Waals surface area (Å²) in [6.07, 6.45) is -0.342. The van der Waals surface area contributed by atoms with Gasteiger partial charge < -0.3 is 24.8 Å². The maximum Gasteiger partial charge on any atom is 0.163 e. The Labute approximate surface area is 114 Å². The quantitative estimate of drug-likeness (QED) is 0.395. The highest BCUT2D eigenvalue weighted by molar-refractivity contribution is 7.80. The molecule has 0 amide bonds. The lowest BCUT2D eigenvalue weighted by Gasteiger charge is -2.40. The zero-order valence-corrected chi connectivity index (χ0v) is 11.6. The lowest BCUT2D eigenvalue weighted by atomic mass is 9.92. The molecule has 1 aliphatic heterocycles. The Morgan fingerprint density at radius 3 is 2.50 bits per heavy atom. The second-order valence-corrected chi connectivity index (χ2v) is 5.17. The highest BCUT2D eigenvalue weighted by atomic mass is 32.1. The molecule has 0 spiro atoms. The molecule has 0 bridgehead atoms. The first-order chi connectivity index (χ1) is 8.61. The summed E-state index contributed by atoms with van der Waals surface area (Å²) < 4.78 is 11.0. The van der Waals surface area contributed by atoms with Crippen LogP contribution in [0.1, 0.15) is 26.2 Å². The minimum absolute atomic E-state index is 0.312. The van der Waals surface area contributed by atoms with E-state index in [9.17, 15) is 10.2 Å². The van der Waals surface area contributed by atoms with Gasteiger partial charge in [0.05, 0.1) is 12.7 Å². The number of thiol groups is 1. The smallest absolute Gasteiger partial charge is 0.163 e. The number of unbranched alkanes of at least 4 members (excludes halogenated alkanes) is 2. The first kappa shape index (κ1) is 16.2. The van der Waals surface area contributed by atoms with Gasteiger partial charge in [0, 0.05) is 12.5 Å². The lowest BCUT2D eigenvalue weighted by Crippen LogP contribution is -2.55. The SMILES string of the molecule is CC1C(O)[C@@H](O)C(CO)O[C@H]1OCCCCCS. The molecule has 1 saturated heterocycles. The number of aliphatic hydroxyl groups excluding tert-OH is 3. The third-order valence-electron chi connectivity index (χ3n) is 3.27. The second-order valence-electron chi connectivity index (χ2n) is 4.72. The first-order valence-corrected chi connectivity index (χ1v) is 7.10. The van der Waals surface area contributed by atoms with Crippen LogP contribution in [-0.4, -0.2) is 58.9 Å². The van der Waals surface area contributed by atoms with Gasteiger partial charge in [-0.15, -0.1) is 0 Å². The molecule has 3 unspecified atom stereocenters. The van der Waals surface area contributed by atoms with Crippen LogP contribution in [0.2, 0.25) is 0 Å². The van der Waals surface area contributed by atoms with E-state index in [-0.39, 0.29) is 12.5 Å². The van der Waals surface area contributed by atoms with Crippen LogP contribution in [0.4, 0.5) is 0 Å². The van der Waals surface area contributed by atoms with Gasteiger partial charge in [0.1, 0.15) is 12.2 Å². The van der Waals surface area contributed by atoms with E-state index in [0.717, 1.165) is 25.0 Å². The molecule has 0 aromatic heterocycles. The van der Waals surface area contributed by atoms with Crippen LogP contribution in [0, 0.1) is 5.92 Å². The molecule has 1 fully saturated rings. The van der Waals surface area contributed by atoms with Crippen LogP contribution in [0.3, 0.4) is 0 Å². The summed E-state index contributed by atoms with van der Waals surface area (Å²) in [5.74, 6) is 0.557. The van der Waals surface area contributed by atoms with Crippen LogP contribution < -0.4 is 0 Å². The van der Waals surface area contributed by atoms with Gasteiger partial charge in [-0.3, -0.25) is 0 Å². The van der Waals surface area contributed by atoms with E-state index < -0.39 is 24.6 Å². The number of hydrogen-bond acceptors (Lipinski definition) is 6. The van der Waals surface area contributed by atoms with Crippen LogP contribution in [0.15, 0.2) is 0 Å². The van der Waals surface area contributed by atoms with E-state index in [1.807, 2.05) is 0 Å². The Morgan fingerprint density at radius 1 is 1.17 bits per heavy atom. The largest absolute Gasteiger partial charge is 0.394 e. The lowest BCUT2D eigenvalue weighted by molar-refractivity contribution is -0.282. The number of rotatable bonds is 7. The summed E-state index contributed by atoms with van der Waals surface area (Å²) >= 11 is 4.13. The zero-order valence-electron chi connectivity index (χ0n) is 10.7. The summed E-state index contributed by atoms with van der Waals surface area (Å²) in [5.41, 5.74) is 0. The van der Waals surface area contributed by atoms with Crippen molar-refractivity contribution in [2.75, 3.05) is 19.0 Å². The van der Waals surface area contributed by atoms with Gasteiger partial charge in [0.15, 0.2) is 6.29 Å². The summed E-state index contributed by atoms with van der Waals surface area (Å²) in [4.78, 5) is 0. The van der Waals surface area contributed by atoms with Crippen LogP contribution >= 0.6 is 12.6 Å². The molecule has 0 saturated carbocycles. The molecular formula is C12H24O5S. The highest BCUT2D eigenvalue weighted by Gasteiger charge is 2.42. The molecule has 1 aliphatic rings.